The second-order valence-corrected chi connectivity index (χ2v) is 3.02. The van der Waals surface area contributed by atoms with E-state index in [0.29, 0.717) is 0 Å². The summed E-state index contributed by atoms with van der Waals surface area (Å²) in [6.07, 6.45) is 0. The molecule has 0 saturated carbocycles. The molecule has 0 aliphatic rings. The van der Waals surface area contributed by atoms with Gasteiger partial charge in [0.25, 0.3) is 0 Å². The molecule has 5 heteroatoms. The van der Waals surface area contributed by atoms with Gasteiger partial charge in [-0.25, -0.2) is 9.38 Å². The Morgan fingerprint density at radius 3 is 2.54 bits per heavy atom. The number of guanidine groups is 1. The molecule has 1 rings (SSSR count). The number of halogens is 2. The van der Waals surface area contributed by atoms with Gasteiger partial charge >= 0.3 is 0 Å². The highest BCUT2D eigenvalue weighted by atomic mass is 35.5. The molecule has 0 radical (unpaired) electrons. The number of aliphatic imine (C=N–C) groups is 1. The van der Waals surface area contributed by atoms with E-state index in [1.807, 2.05) is 0 Å². The molecular formula is C8H9ClFN3. The lowest BCUT2D eigenvalue weighted by Crippen LogP contribution is -2.22. The molecular weight excluding hydrogens is 193 g/mol. The summed E-state index contributed by atoms with van der Waals surface area (Å²) in [5, 5.41) is 0.200. The van der Waals surface area contributed by atoms with E-state index in [2.05, 4.69) is 4.99 Å². The summed E-state index contributed by atoms with van der Waals surface area (Å²) >= 11 is 5.72. The van der Waals surface area contributed by atoms with Gasteiger partial charge in [0.1, 0.15) is 5.69 Å². The molecule has 0 amide bonds. The molecule has 4 N–H and O–H groups in total. The smallest absolute Gasteiger partial charge is 0.191 e. The molecule has 0 heterocycles. The minimum Gasteiger partial charge on any atom is -0.370 e. The minimum atomic E-state index is -0.529. The zero-order chi connectivity index (χ0) is 10.0. The van der Waals surface area contributed by atoms with E-state index in [-0.39, 0.29) is 16.7 Å². The highest BCUT2D eigenvalue weighted by Crippen LogP contribution is 2.28. The van der Waals surface area contributed by atoms with Crippen LogP contribution in [0.3, 0.4) is 0 Å². The Kier molecular flexibility index (Phi) is 2.72. The lowest BCUT2D eigenvalue weighted by Gasteiger charge is -2.02. The van der Waals surface area contributed by atoms with E-state index in [9.17, 15) is 4.39 Å². The summed E-state index contributed by atoms with van der Waals surface area (Å²) in [7, 11) is 0. The first kappa shape index (κ1) is 9.80. The predicted octanol–water partition coefficient (Wildman–Crippen LogP) is 1.69. The Labute approximate surface area is 80.2 Å². The topological polar surface area (TPSA) is 64.4 Å². The number of rotatable bonds is 1. The van der Waals surface area contributed by atoms with Crippen LogP contribution >= 0.6 is 11.6 Å². The molecule has 0 atom stereocenters. The number of aryl methyl sites for hydroxylation is 1. The summed E-state index contributed by atoms with van der Waals surface area (Å²) in [5.74, 6) is -0.747. The van der Waals surface area contributed by atoms with Gasteiger partial charge in [-0.15, -0.1) is 0 Å². The third-order valence-electron chi connectivity index (χ3n) is 1.40. The summed E-state index contributed by atoms with van der Waals surface area (Å²) in [6.45, 7) is 1.73. The molecule has 0 aliphatic carbocycles. The highest BCUT2D eigenvalue weighted by Gasteiger charge is 2.07. The van der Waals surface area contributed by atoms with Gasteiger partial charge in [0.15, 0.2) is 11.8 Å². The van der Waals surface area contributed by atoms with Gasteiger partial charge in [0.05, 0.1) is 5.02 Å². The van der Waals surface area contributed by atoms with Crippen LogP contribution in [0.15, 0.2) is 17.1 Å². The van der Waals surface area contributed by atoms with E-state index in [4.69, 9.17) is 23.1 Å². The highest BCUT2D eigenvalue weighted by molar-refractivity contribution is 6.33. The van der Waals surface area contributed by atoms with Crippen LogP contribution in [0.1, 0.15) is 5.56 Å². The van der Waals surface area contributed by atoms with Gasteiger partial charge in [0, 0.05) is 0 Å². The summed E-state index contributed by atoms with van der Waals surface area (Å²) in [5.41, 5.74) is 10.9. The standard InChI is InChI=1S/C8H9ClFN3/c1-4-2-5(9)7(6(10)3-4)13-8(11)12/h2-3H,1H3,(H4,11,12,13). The first-order chi connectivity index (χ1) is 6.00. The fourth-order valence-corrected chi connectivity index (χ4v) is 1.23. The fraction of sp³-hybridized carbons (Fsp3) is 0.125. The average Bonchev–Trinajstić information content (AvgIpc) is 1.96. The SMILES string of the molecule is Cc1cc(F)c(N=C(N)N)c(Cl)c1. The minimum absolute atomic E-state index is 0.0210. The van der Waals surface area contributed by atoms with Crippen molar-refractivity contribution in [1.82, 2.24) is 0 Å². The van der Waals surface area contributed by atoms with Gasteiger partial charge in [-0.3, -0.25) is 0 Å². The maximum atomic E-state index is 13.2. The van der Waals surface area contributed by atoms with Crippen LogP contribution < -0.4 is 11.5 Å². The van der Waals surface area contributed by atoms with Crippen molar-refractivity contribution in [3.63, 3.8) is 0 Å². The molecule has 1 aromatic carbocycles. The molecule has 0 spiro atoms. The van der Waals surface area contributed by atoms with Crippen LogP contribution in [0.25, 0.3) is 0 Å². The second kappa shape index (κ2) is 3.62. The third-order valence-corrected chi connectivity index (χ3v) is 1.69. The summed E-state index contributed by atoms with van der Waals surface area (Å²) < 4.78 is 13.2. The number of hydrogen-bond acceptors (Lipinski definition) is 1. The number of nitrogens with two attached hydrogens (primary N) is 2. The molecule has 0 aromatic heterocycles. The Hall–Kier alpha value is -1.29. The summed E-state index contributed by atoms with van der Waals surface area (Å²) in [6, 6.07) is 2.90. The van der Waals surface area contributed by atoms with E-state index in [1.54, 1.807) is 13.0 Å². The maximum absolute atomic E-state index is 13.2. The molecule has 13 heavy (non-hydrogen) atoms. The van der Waals surface area contributed by atoms with Crippen LogP contribution in [0.4, 0.5) is 10.1 Å². The first-order valence-electron chi connectivity index (χ1n) is 3.56. The predicted molar refractivity (Wildman–Crippen MR) is 51.6 cm³/mol. The summed E-state index contributed by atoms with van der Waals surface area (Å²) in [4.78, 5) is 3.56. The Bertz CT molecular complexity index is 335. The lowest BCUT2D eigenvalue weighted by atomic mass is 10.2. The van der Waals surface area contributed by atoms with E-state index >= 15 is 0 Å². The van der Waals surface area contributed by atoms with E-state index in [1.165, 1.54) is 6.07 Å². The van der Waals surface area contributed by atoms with Gasteiger partial charge in [0.2, 0.25) is 0 Å². The quantitative estimate of drug-likeness (QED) is 0.537. The normalized spacial score (nSPS) is 9.77. The Morgan fingerprint density at radius 1 is 1.46 bits per heavy atom. The van der Waals surface area contributed by atoms with Crippen LogP contribution in [0.2, 0.25) is 5.02 Å². The van der Waals surface area contributed by atoms with Crippen molar-refractivity contribution in [1.29, 1.82) is 0 Å². The van der Waals surface area contributed by atoms with Crippen LogP contribution in [0.5, 0.6) is 0 Å². The zero-order valence-corrected chi connectivity index (χ0v) is 7.77. The van der Waals surface area contributed by atoms with Gasteiger partial charge < -0.3 is 11.5 Å². The van der Waals surface area contributed by atoms with Crippen molar-refractivity contribution >= 4 is 23.2 Å². The van der Waals surface area contributed by atoms with Crippen molar-refractivity contribution in [2.24, 2.45) is 16.5 Å². The van der Waals surface area contributed by atoms with Crippen LogP contribution in [-0.2, 0) is 0 Å². The number of hydrogen-bond donors (Lipinski definition) is 2. The Balaban J connectivity index is 3.29. The third kappa shape index (κ3) is 2.32. The molecule has 0 aliphatic heterocycles. The molecule has 0 fully saturated rings. The number of nitrogens with zero attached hydrogens (tertiary/aromatic N) is 1. The maximum Gasteiger partial charge on any atom is 0.191 e. The molecule has 0 unspecified atom stereocenters. The van der Waals surface area contributed by atoms with Crippen molar-refractivity contribution in [3.05, 3.63) is 28.5 Å². The molecule has 1 aromatic rings. The van der Waals surface area contributed by atoms with Crippen molar-refractivity contribution < 1.29 is 4.39 Å². The van der Waals surface area contributed by atoms with Crippen LogP contribution in [0, 0.1) is 12.7 Å². The van der Waals surface area contributed by atoms with Crippen molar-refractivity contribution in [3.8, 4) is 0 Å². The van der Waals surface area contributed by atoms with E-state index in [0.717, 1.165) is 5.56 Å². The number of benzene rings is 1. The fourth-order valence-electron chi connectivity index (χ4n) is 0.928. The first-order valence-corrected chi connectivity index (χ1v) is 3.94. The van der Waals surface area contributed by atoms with Gasteiger partial charge in [-0.05, 0) is 24.6 Å². The van der Waals surface area contributed by atoms with E-state index < -0.39 is 5.82 Å². The van der Waals surface area contributed by atoms with Gasteiger partial charge in [-0.1, -0.05) is 11.6 Å². The molecule has 0 saturated heterocycles. The largest absolute Gasteiger partial charge is 0.370 e. The monoisotopic (exact) mass is 201 g/mol. The Morgan fingerprint density at radius 2 is 2.08 bits per heavy atom. The molecule has 3 nitrogen and oxygen atoms in total. The zero-order valence-electron chi connectivity index (χ0n) is 7.01. The molecule has 0 bridgehead atoms. The van der Waals surface area contributed by atoms with Crippen LogP contribution in [-0.4, -0.2) is 5.96 Å². The lowest BCUT2D eigenvalue weighted by molar-refractivity contribution is 0.629. The van der Waals surface area contributed by atoms with Crippen molar-refractivity contribution in [2.45, 2.75) is 6.92 Å². The second-order valence-electron chi connectivity index (χ2n) is 2.61. The average molecular weight is 202 g/mol. The van der Waals surface area contributed by atoms with Gasteiger partial charge in [-0.2, -0.15) is 0 Å². The van der Waals surface area contributed by atoms with Crippen molar-refractivity contribution in [2.75, 3.05) is 0 Å². The molecule has 70 valence electrons.